The molecule has 3 amide bonds. The number of benzene rings is 2. The van der Waals surface area contributed by atoms with Gasteiger partial charge in [0.25, 0.3) is 5.91 Å². The number of imide groups is 1. The Bertz CT molecular complexity index is 1220. The summed E-state index contributed by atoms with van der Waals surface area (Å²) in [6, 6.07) is 8.89. The van der Waals surface area contributed by atoms with Crippen molar-refractivity contribution in [1.29, 1.82) is 0 Å². The third-order valence-corrected chi connectivity index (χ3v) is 7.83. The van der Waals surface area contributed by atoms with Crippen LogP contribution in [0.4, 0.5) is 11.4 Å². The largest absolute Gasteiger partial charge is 0.326 e. The van der Waals surface area contributed by atoms with Crippen LogP contribution in [0.5, 0.6) is 0 Å². The molecule has 1 N–H and O–H groups in total. The van der Waals surface area contributed by atoms with Crippen molar-refractivity contribution in [2.75, 3.05) is 10.2 Å². The Morgan fingerprint density at radius 1 is 1.09 bits per heavy atom. The zero-order valence-electron chi connectivity index (χ0n) is 18.4. The van der Waals surface area contributed by atoms with Crippen molar-refractivity contribution in [3.05, 3.63) is 52.5 Å². The van der Waals surface area contributed by atoms with E-state index in [1.54, 1.807) is 32.9 Å². The summed E-state index contributed by atoms with van der Waals surface area (Å²) in [5, 5.41) is 2.72. The Balaban J connectivity index is 2.02. The first-order chi connectivity index (χ1) is 15.2. The number of carbonyl (C=O) groups is 3. The van der Waals surface area contributed by atoms with Crippen LogP contribution >= 0.6 is 23.2 Å². The minimum Gasteiger partial charge on any atom is -0.326 e. The smallest absolute Gasteiger partial charge is 0.252 e. The van der Waals surface area contributed by atoms with E-state index in [0.717, 1.165) is 9.21 Å². The number of hydrogen-bond acceptors (Lipinski definition) is 5. The van der Waals surface area contributed by atoms with Gasteiger partial charge in [0.05, 0.1) is 17.1 Å². The summed E-state index contributed by atoms with van der Waals surface area (Å²) >= 11 is 12.2. The van der Waals surface area contributed by atoms with Gasteiger partial charge >= 0.3 is 0 Å². The monoisotopic (exact) mass is 511 g/mol. The van der Waals surface area contributed by atoms with Crippen molar-refractivity contribution in [3.8, 4) is 0 Å². The van der Waals surface area contributed by atoms with E-state index in [9.17, 15) is 22.8 Å². The van der Waals surface area contributed by atoms with E-state index in [1.807, 2.05) is 0 Å². The van der Waals surface area contributed by atoms with Crippen molar-refractivity contribution < 1.29 is 22.8 Å². The lowest BCUT2D eigenvalue weighted by atomic mass is 10.1. The molecule has 1 unspecified atom stereocenters. The van der Waals surface area contributed by atoms with Crippen LogP contribution in [-0.4, -0.2) is 42.0 Å². The van der Waals surface area contributed by atoms with Crippen molar-refractivity contribution in [2.24, 2.45) is 0 Å². The van der Waals surface area contributed by atoms with Crippen LogP contribution in [0, 0.1) is 0 Å². The molecule has 11 heteroatoms. The molecular weight excluding hydrogens is 489 g/mol. The van der Waals surface area contributed by atoms with Gasteiger partial charge in [0.2, 0.25) is 21.8 Å². The normalized spacial score (nSPS) is 17.1. The zero-order chi connectivity index (χ0) is 24.7. The molecule has 0 aliphatic carbocycles. The highest BCUT2D eigenvalue weighted by Crippen LogP contribution is 2.37. The van der Waals surface area contributed by atoms with E-state index >= 15 is 0 Å². The third-order valence-electron chi connectivity index (χ3n) is 4.94. The van der Waals surface area contributed by atoms with Crippen molar-refractivity contribution in [2.45, 2.75) is 50.6 Å². The predicted octanol–water partition coefficient (Wildman–Crippen LogP) is 4.07. The summed E-state index contributed by atoms with van der Waals surface area (Å²) in [5.74, 6) is -1.48. The molecule has 1 heterocycles. The second kappa shape index (κ2) is 9.06. The average molecular weight is 512 g/mol. The Morgan fingerprint density at radius 3 is 2.24 bits per heavy atom. The van der Waals surface area contributed by atoms with Crippen molar-refractivity contribution in [3.63, 3.8) is 0 Å². The Morgan fingerprint density at radius 2 is 1.70 bits per heavy atom. The fraction of sp³-hybridized carbons (Fsp3) is 0.318. The van der Waals surface area contributed by atoms with Crippen LogP contribution in [0.3, 0.4) is 0 Å². The van der Waals surface area contributed by atoms with Crippen LogP contribution in [-0.2, 0) is 24.4 Å². The van der Waals surface area contributed by atoms with Crippen LogP contribution < -0.4 is 10.2 Å². The number of sulfonamides is 1. The summed E-state index contributed by atoms with van der Waals surface area (Å²) in [5.41, 5.74) is -0.291. The summed E-state index contributed by atoms with van der Waals surface area (Å²) in [6.07, 6.45) is -0.332. The molecule has 0 radical (unpaired) electrons. The molecule has 176 valence electrons. The maximum atomic E-state index is 13.6. The van der Waals surface area contributed by atoms with E-state index in [2.05, 4.69) is 5.32 Å². The highest BCUT2D eigenvalue weighted by molar-refractivity contribution is 7.89. The van der Waals surface area contributed by atoms with Crippen LogP contribution in [0.1, 0.15) is 34.1 Å². The highest BCUT2D eigenvalue weighted by Gasteiger charge is 2.51. The van der Waals surface area contributed by atoms with Gasteiger partial charge < -0.3 is 5.32 Å². The molecule has 1 aliphatic heterocycles. The van der Waals surface area contributed by atoms with E-state index < -0.39 is 33.4 Å². The van der Waals surface area contributed by atoms with Crippen molar-refractivity contribution in [1.82, 2.24) is 4.31 Å². The first-order valence-corrected chi connectivity index (χ1v) is 12.2. The van der Waals surface area contributed by atoms with E-state index in [-0.39, 0.29) is 33.0 Å². The Labute approximate surface area is 202 Å². The summed E-state index contributed by atoms with van der Waals surface area (Å²) in [6.45, 7) is 6.25. The maximum Gasteiger partial charge on any atom is 0.252 e. The highest BCUT2D eigenvalue weighted by atomic mass is 35.5. The van der Waals surface area contributed by atoms with E-state index in [1.165, 1.54) is 37.3 Å². The van der Waals surface area contributed by atoms with Crippen molar-refractivity contribution >= 4 is 62.3 Å². The summed E-state index contributed by atoms with van der Waals surface area (Å²) in [4.78, 5) is 38.1. The van der Waals surface area contributed by atoms with Gasteiger partial charge in [-0.1, -0.05) is 23.2 Å². The first kappa shape index (κ1) is 25.2. The minimum absolute atomic E-state index is 0.0455. The lowest BCUT2D eigenvalue weighted by Gasteiger charge is -2.37. The van der Waals surface area contributed by atoms with Gasteiger partial charge in [-0.05, 0) is 63.2 Å². The number of hydrogen-bond donors (Lipinski definition) is 1. The number of nitrogens with zero attached hydrogens (tertiary/aromatic N) is 2. The predicted molar refractivity (Wildman–Crippen MR) is 127 cm³/mol. The molecule has 2 aromatic carbocycles. The molecular formula is C22H23Cl2N3O5S. The molecule has 2 aromatic rings. The Hall–Kier alpha value is -2.46. The average Bonchev–Trinajstić information content (AvgIpc) is 2.96. The lowest BCUT2D eigenvalue weighted by molar-refractivity contribution is -0.122. The van der Waals surface area contributed by atoms with Gasteiger partial charge in [-0.25, -0.2) is 13.3 Å². The number of anilines is 2. The quantitative estimate of drug-likeness (QED) is 0.609. The minimum atomic E-state index is -4.31. The molecule has 0 aromatic heterocycles. The standard InChI is InChI=1S/C22H23Cl2N3O5S/c1-13(28)25-15-6-8-16(9-7-15)26-20(29)12-18(21(26)30)27(22(2,3)4)33(31,32)19-11-14(23)5-10-17(19)24/h5-11,18H,12H2,1-4H3,(H,25,28). The van der Waals surface area contributed by atoms with E-state index in [4.69, 9.17) is 23.2 Å². The topological polar surface area (TPSA) is 104 Å². The van der Waals surface area contributed by atoms with Gasteiger partial charge in [-0.15, -0.1) is 0 Å². The molecule has 1 atom stereocenters. The SMILES string of the molecule is CC(=O)Nc1ccc(N2C(=O)CC(N(C(C)(C)C)S(=O)(=O)c3cc(Cl)ccc3Cl)C2=O)cc1. The second-order valence-electron chi connectivity index (χ2n) is 8.56. The second-order valence-corrected chi connectivity index (χ2v) is 11.2. The molecule has 33 heavy (non-hydrogen) atoms. The van der Waals surface area contributed by atoms with Crippen LogP contribution in [0.2, 0.25) is 10.0 Å². The van der Waals surface area contributed by atoms with Crippen LogP contribution in [0.25, 0.3) is 0 Å². The fourth-order valence-electron chi connectivity index (χ4n) is 3.74. The van der Waals surface area contributed by atoms with Gasteiger partial charge in [-0.3, -0.25) is 14.4 Å². The number of amides is 3. The fourth-order valence-corrected chi connectivity index (χ4v) is 6.41. The lowest BCUT2D eigenvalue weighted by Crippen LogP contribution is -2.54. The van der Waals surface area contributed by atoms with Gasteiger partial charge in [0, 0.05) is 23.2 Å². The first-order valence-electron chi connectivity index (χ1n) is 9.97. The molecule has 1 aliphatic rings. The third kappa shape index (κ3) is 5.06. The molecule has 0 saturated carbocycles. The van der Waals surface area contributed by atoms with E-state index in [0.29, 0.717) is 5.69 Å². The zero-order valence-corrected chi connectivity index (χ0v) is 20.8. The van der Waals surface area contributed by atoms with Gasteiger partial charge in [-0.2, -0.15) is 4.31 Å². The molecule has 1 saturated heterocycles. The maximum absolute atomic E-state index is 13.6. The number of carbonyl (C=O) groups excluding carboxylic acids is 3. The summed E-state index contributed by atoms with van der Waals surface area (Å²) in [7, 11) is -4.31. The number of rotatable bonds is 5. The number of halogens is 2. The van der Waals surface area contributed by atoms with Gasteiger partial charge in [0.15, 0.2) is 0 Å². The molecule has 3 rings (SSSR count). The molecule has 8 nitrogen and oxygen atoms in total. The number of nitrogens with one attached hydrogen (secondary N) is 1. The molecule has 0 spiro atoms. The Kier molecular flexibility index (Phi) is 6.91. The summed E-state index contributed by atoms with van der Waals surface area (Å²) < 4.78 is 28.3. The molecule has 0 bridgehead atoms. The molecule has 1 fully saturated rings. The van der Waals surface area contributed by atoms with Crippen LogP contribution in [0.15, 0.2) is 47.4 Å². The van der Waals surface area contributed by atoms with Gasteiger partial charge in [0.1, 0.15) is 10.9 Å².